The van der Waals surface area contributed by atoms with Crippen molar-refractivity contribution in [3.05, 3.63) is 59.4 Å². The summed E-state index contributed by atoms with van der Waals surface area (Å²) in [5.74, 6) is 0.356. The third-order valence-corrected chi connectivity index (χ3v) is 4.52. The molecule has 4 rings (SSSR count). The Morgan fingerprint density at radius 2 is 2.30 bits per heavy atom. The Bertz CT molecular complexity index is 928. The van der Waals surface area contributed by atoms with E-state index < -0.39 is 0 Å². The zero-order valence-corrected chi connectivity index (χ0v) is 15.1. The first-order valence-corrected chi connectivity index (χ1v) is 8.99. The summed E-state index contributed by atoms with van der Waals surface area (Å²) in [6, 6.07) is 5.75. The van der Waals surface area contributed by atoms with Gasteiger partial charge in [-0.2, -0.15) is 5.10 Å². The highest BCUT2D eigenvalue weighted by Crippen LogP contribution is 2.15. The van der Waals surface area contributed by atoms with Crippen molar-refractivity contribution in [3.8, 4) is 11.4 Å². The molecule has 0 aliphatic carbocycles. The molecule has 0 saturated carbocycles. The fraction of sp³-hybridized carbons (Fsp3) is 0.316. The monoisotopic (exact) mass is 363 g/mol. The van der Waals surface area contributed by atoms with Crippen molar-refractivity contribution < 1.29 is 4.79 Å². The van der Waals surface area contributed by atoms with Crippen molar-refractivity contribution in [2.24, 2.45) is 0 Å². The van der Waals surface area contributed by atoms with Gasteiger partial charge in [-0.25, -0.2) is 9.97 Å². The summed E-state index contributed by atoms with van der Waals surface area (Å²) < 4.78 is 2.01. The van der Waals surface area contributed by atoms with Crippen molar-refractivity contribution in [3.63, 3.8) is 0 Å². The van der Waals surface area contributed by atoms with E-state index in [4.69, 9.17) is 0 Å². The summed E-state index contributed by atoms with van der Waals surface area (Å²) >= 11 is 0. The molecule has 0 saturated heterocycles. The molecule has 0 bridgehead atoms. The van der Waals surface area contributed by atoms with Gasteiger partial charge in [-0.3, -0.25) is 14.5 Å². The van der Waals surface area contributed by atoms with E-state index in [1.54, 1.807) is 25.5 Å². The number of hydrogen-bond acceptors (Lipinski definition) is 6. The summed E-state index contributed by atoms with van der Waals surface area (Å²) in [4.78, 5) is 25.4. The van der Waals surface area contributed by atoms with Gasteiger partial charge in [-0.15, -0.1) is 0 Å². The van der Waals surface area contributed by atoms with Gasteiger partial charge in [0.15, 0.2) is 5.82 Å². The second-order valence-electron chi connectivity index (χ2n) is 6.50. The molecule has 27 heavy (non-hydrogen) atoms. The Morgan fingerprint density at radius 3 is 3.11 bits per heavy atom. The molecule has 1 amide bonds. The van der Waals surface area contributed by atoms with Crippen LogP contribution in [0.1, 0.15) is 33.9 Å². The molecular weight excluding hydrogens is 342 g/mol. The molecule has 0 spiro atoms. The Labute approximate surface area is 157 Å². The van der Waals surface area contributed by atoms with Crippen LogP contribution in [0.3, 0.4) is 0 Å². The number of rotatable bonds is 4. The number of aryl methyl sites for hydroxylation is 2. The van der Waals surface area contributed by atoms with Gasteiger partial charge in [0.2, 0.25) is 0 Å². The summed E-state index contributed by atoms with van der Waals surface area (Å²) in [5.41, 5.74) is 3.92. The Kier molecular flexibility index (Phi) is 4.88. The molecule has 0 atom stereocenters. The van der Waals surface area contributed by atoms with Crippen LogP contribution in [0, 0.1) is 6.92 Å². The van der Waals surface area contributed by atoms with Crippen LogP contribution in [0.15, 0.2) is 36.8 Å². The topological polar surface area (TPSA) is 97.6 Å². The minimum absolute atomic E-state index is 0.202. The van der Waals surface area contributed by atoms with Crippen molar-refractivity contribution in [2.45, 2.75) is 33.0 Å². The van der Waals surface area contributed by atoms with E-state index in [2.05, 4.69) is 30.7 Å². The molecule has 138 valence electrons. The van der Waals surface area contributed by atoms with Gasteiger partial charge in [-0.1, -0.05) is 0 Å². The lowest BCUT2D eigenvalue weighted by Gasteiger charge is -2.07. The lowest BCUT2D eigenvalue weighted by atomic mass is 10.2. The molecule has 0 aromatic carbocycles. The van der Waals surface area contributed by atoms with E-state index in [-0.39, 0.29) is 5.91 Å². The lowest BCUT2D eigenvalue weighted by Crippen LogP contribution is -2.24. The first-order valence-electron chi connectivity index (χ1n) is 8.99. The van der Waals surface area contributed by atoms with E-state index in [1.165, 1.54) is 0 Å². The maximum Gasteiger partial charge on any atom is 0.255 e. The predicted octanol–water partition coefficient (Wildman–Crippen LogP) is 1.47. The number of fused-ring (bicyclic) bond motifs is 1. The number of carbonyl (C=O) groups excluding carboxylic acids is 1. The standard InChI is InChI=1S/C19H21N7O/c1-13-17(12-22-18(24-13)14-4-2-5-20-9-14)19(27)23-10-15-8-16-11-21-6-3-7-26(16)25-15/h2,4-5,8-9,12,21H,3,6-7,10-11H2,1H3,(H,23,27). The number of nitrogens with zero attached hydrogens (tertiary/aromatic N) is 5. The second kappa shape index (κ2) is 7.63. The SMILES string of the molecule is Cc1nc(-c2cccnc2)ncc1C(=O)NCc1cc2n(n1)CCCNC2. The fourth-order valence-electron chi connectivity index (χ4n) is 3.10. The van der Waals surface area contributed by atoms with Gasteiger partial charge in [-0.05, 0) is 38.1 Å². The van der Waals surface area contributed by atoms with Crippen LogP contribution >= 0.6 is 0 Å². The Balaban J connectivity index is 1.44. The van der Waals surface area contributed by atoms with Crippen LogP contribution in [-0.2, 0) is 19.6 Å². The molecule has 3 aromatic heterocycles. The van der Waals surface area contributed by atoms with E-state index in [1.807, 2.05) is 22.9 Å². The van der Waals surface area contributed by atoms with Crippen LogP contribution in [0.25, 0.3) is 11.4 Å². The van der Waals surface area contributed by atoms with Gasteiger partial charge in [0, 0.05) is 37.2 Å². The zero-order chi connectivity index (χ0) is 18.6. The molecular formula is C19H21N7O. The predicted molar refractivity (Wildman–Crippen MR) is 99.7 cm³/mol. The molecule has 4 heterocycles. The normalized spacial score (nSPS) is 13.7. The van der Waals surface area contributed by atoms with Crippen molar-refractivity contribution in [2.75, 3.05) is 6.54 Å². The maximum absolute atomic E-state index is 12.5. The van der Waals surface area contributed by atoms with Gasteiger partial charge in [0.1, 0.15) is 0 Å². The summed E-state index contributed by atoms with van der Waals surface area (Å²) in [6.07, 6.45) is 6.02. The first-order chi connectivity index (χ1) is 13.2. The fourth-order valence-corrected chi connectivity index (χ4v) is 3.10. The second-order valence-corrected chi connectivity index (χ2v) is 6.50. The average molecular weight is 363 g/mol. The number of pyridine rings is 1. The summed E-state index contributed by atoms with van der Waals surface area (Å²) in [5, 5.41) is 10.9. The maximum atomic E-state index is 12.5. The smallest absolute Gasteiger partial charge is 0.255 e. The molecule has 8 nitrogen and oxygen atoms in total. The minimum atomic E-state index is -0.202. The number of aromatic nitrogens is 5. The number of carbonyl (C=O) groups is 1. The van der Waals surface area contributed by atoms with Crippen molar-refractivity contribution >= 4 is 5.91 Å². The number of amides is 1. The molecule has 0 radical (unpaired) electrons. The number of nitrogens with one attached hydrogen (secondary N) is 2. The van der Waals surface area contributed by atoms with Crippen LogP contribution in [0.4, 0.5) is 0 Å². The summed E-state index contributed by atoms with van der Waals surface area (Å²) in [7, 11) is 0. The quantitative estimate of drug-likeness (QED) is 0.728. The third-order valence-electron chi connectivity index (χ3n) is 4.52. The van der Waals surface area contributed by atoms with E-state index in [0.29, 0.717) is 23.6 Å². The van der Waals surface area contributed by atoms with E-state index in [0.717, 1.165) is 43.0 Å². The molecule has 2 N–H and O–H groups in total. The Hall–Kier alpha value is -3.13. The van der Waals surface area contributed by atoms with E-state index in [9.17, 15) is 4.79 Å². The molecule has 8 heteroatoms. The van der Waals surface area contributed by atoms with Crippen molar-refractivity contribution in [1.82, 2.24) is 35.4 Å². The summed E-state index contributed by atoms with van der Waals surface area (Å²) in [6.45, 7) is 4.90. The van der Waals surface area contributed by atoms with Gasteiger partial charge in [0.25, 0.3) is 5.91 Å². The van der Waals surface area contributed by atoms with Gasteiger partial charge in [0.05, 0.1) is 29.2 Å². The molecule has 3 aromatic rings. The lowest BCUT2D eigenvalue weighted by molar-refractivity contribution is 0.0949. The van der Waals surface area contributed by atoms with Crippen LogP contribution < -0.4 is 10.6 Å². The number of hydrogen-bond donors (Lipinski definition) is 2. The van der Waals surface area contributed by atoms with Crippen LogP contribution in [-0.4, -0.2) is 37.2 Å². The Morgan fingerprint density at radius 1 is 1.37 bits per heavy atom. The largest absolute Gasteiger partial charge is 0.346 e. The van der Waals surface area contributed by atoms with E-state index >= 15 is 0 Å². The zero-order valence-electron chi connectivity index (χ0n) is 15.1. The van der Waals surface area contributed by atoms with Gasteiger partial charge >= 0.3 is 0 Å². The molecule has 0 fully saturated rings. The average Bonchev–Trinajstić information content (AvgIpc) is 2.95. The molecule has 1 aliphatic rings. The first kappa shape index (κ1) is 17.3. The molecule has 0 unspecified atom stereocenters. The van der Waals surface area contributed by atoms with Crippen LogP contribution in [0.5, 0.6) is 0 Å². The third kappa shape index (κ3) is 3.85. The van der Waals surface area contributed by atoms with Crippen LogP contribution in [0.2, 0.25) is 0 Å². The highest BCUT2D eigenvalue weighted by Gasteiger charge is 2.15. The highest BCUT2D eigenvalue weighted by atomic mass is 16.1. The highest BCUT2D eigenvalue weighted by molar-refractivity contribution is 5.95. The van der Waals surface area contributed by atoms with Crippen molar-refractivity contribution in [1.29, 1.82) is 0 Å². The minimum Gasteiger partial charge on any atom is -0.346 e. The van der Waals surface area contributed by atoms with Gasteiger partial charge < -0.3 is 10.6 Å². The molecule has 1 aliphatic heterocycles.